The van der Waals surface area contributed by atoms with Crippen molar-refractivity contribution < 1.29 is 19.1 Å². The van der Waals surface area contributed by atoms with E-state index in [2.05, 4.69) is 24.3 Å². The van der Waals surface area contributed by atoms with E-state index in [0.29, 0.717) is 50.5 Å². The van der Waals surface area contributed by atoms with Crippen LogP contribution in [-0.2, 0) is 22.7 Å². The number of fused-ring (bicyclic) bond motifs is 1. The van der Waals surface area contributed by atoms with Gasteiger partial charge < -0.3 is 19.3 Å². The molecule has 0 aliphatic carbocycles. The van der Waals surface area contributed by atoms with E-state index in [9.17, 15) is 9.59 Å². The predicted molar refractivity (Wildman–Crippen MR) is 134 cm³/mol. The smallest absolute Gasteiger partial charge is 0.231 e. The Morgan fingerprint density at radius 1 is 0.857 bits per heavy atom. The highest BCUT2D eigenvalue weighted by Crippen LogP contribution is 2.37. The standard InChI is InChI=1S/C29H30N2O4/c1-21(32)30-16-14-23(15-17-30)29(33)31(19-25-11-7-13-27-28(25)35-20-34-27)18-24-10-5-6-12-26(24)22-8-3-2-4-9-22/h2-13,23H,14-20H2,1H3. The number of ether oxygens (including phenoxy) is 2. The molecule has 6 heteroatoms. The normalized spacial score (nSPS) is 15.2. The molecule has 2 aliphatic rings. The number of benzene rings is 3. The number of carbonyl (C=O) groups is 2. The van der Waals surface area contributed by atoms with Gasteiger partial charge in [0.25, 0.3) is 0 Å². The van der Waals surface area contributed by atoms with Gasteiger partial charge in [-0.1, -0.05) is 66.7 Å². The minimum atomic E-state index is -0.108. The van der Waals surface area contributed by atoms with Crippen molar-refractivity contribution in [1.82, 2.24) is 9.80 Å². The van der Waals surface area contributed by atoms with Crippen LogP contribution in [0.2, 0.25) is 0 Å². The number of nitrogens with zero attached hydrogens (tertiary/aromatic N) is 2. The lowest BCUT2D eigenvalue weighted by Gasteiger charge is -2.34. The Morgan fingerprint density at radius 3 is 2.31 bits per heavy atom. The highest BCUT2D eigenvalue weighted by molar-refractivity contribution is 5.80. The van der Waals surface area contributed by atoms with Gasteiger partial charge in [0.1, 0.15) is 0 Å². The van der Waals surface area contributed by atoms with E-state index in [4.69, 9.17) is 9.47 Å². The Morgan fingerprint density at radius 2 is 1.54 bits per heavy atom. The molecule has 0 radical (unpaired) electrons. The molecule has 0 unspecified atom stereocenters. The van der Waals surface area contributed by atoms with Gasteiger partial charge >= 0.3 is 0 Å². The van der Waals surface area contributed by atoms with Gasteiger partial charge in [-0.05, 0) is 35.6 Å². The lowest BCUT2D eigenvalue weighted by molar-refractivity contribution is -0.141. The van der Waals surface area contributed by atoms with Gasteiger partial charge in [0, 0.05) is 44.6 Å². The van der Waals surface area contributed by atoms with Crippen LogP contribution in [0, 0.1) is 5.92 Å². The first-order valence-corrected chi connectivity index (χ1v) is 12.2. The summed E-state index contributed by atoms with van der Waals surface area (Å²) in [6.07, 6.45) is 1.36. The molecule has 5 rings (SSSR count). The van der Waals surface area contributed by atoms with Crippen molar-refractivity contribution in [3.05, 3.63) is 83.9 Å². The molecule has 180 valence electrons. The summed E-state index contributed by atoms with van der Waals surface area (Å²) in [5.74, 6) is 1.51. The number of para-hydroxylation sites is 1. The van der Waals surface area contributed by atoms with Crippen molar-refractivity contribution in [2.24, 2.45) is 5.92 Å². The average molecular weight is 471 g/mol. The molecule has 2 heterocycles. The van der Waals surface area contributed by atoms with Crippen molar-refractivity contribution in [1.29, 1.82) is 0 Å². The molecule has 1 saturated heterocycles. The third kappa shape index (κ3) is 5.02. The summed E-state index contributed by atoms with van der Waals surface area (Å²) in [7, 11) is 0. The van der Waals surface area contributed by atoms with Crippen LogP contribution in [0.4, 0.5) is 0 Å². The zero-order valence-corrected chi connectivity index (χ0v) is 20.0. The molecule has 0 aromatic heterocycles. The number of hydrogen-bond donors (Lipinski definition) is 0. The fourth-order valence-electron chi connectivity index (χ4n) is 5.00. The second-order valence-electron chi connectivity index (χ2n) is 9.15. The Balaban J connectivity index is 1.44. The van der Waals surface area contributed by atoms with Gasteiger partial charge in [0.15, 0.2) is 11.5 Å². The third-order valence-electron chi connectivity index (χ3n) is 6.90. The number of amides is 2. The van der Waals surface area contributed by atoms with E-state index in [1.807, 2.05) is 58.3 Å². The summed E-state index contributed by atoms with van der Waals surface area (Å²) in [6, 6.07) is 24.3. The van der Waals surface area contributed by atoms with Gasteiger partial charge in [0.2, 0.25) is 18.6 Å². The first-order chi connectivity index (χ1) is 17.1. The van der Waals surface area contributed by atoms with Gasteiger partial charge in [-0.15, -0.1) is 0 Å². The second-order valence-corrected chi connectivity index (χ2v) is 9.15. The maximum Gasteiger partial charge on any atom is 0.231 e. The number of rotatable bonds is 6. The Labute approximate surface area is 206 Å². The monoisotopic (exact) mass is 470 g/mol. The van der Waals surface area contributed by atoms with Crippen LogP contribution in [0.25, 0.3) is 11.1 Å². The van der Waals surface area contributed by atoms with Crippen molar-refractivity contribution >= 4 is 11.8 Å². The van der Waals surface area contributed by atoms with Crippen molar-refractivity contribution in [2.45, 2.75) is 32.9 Å². The lowest BCUT2D eigenvalue weighted by atomic mass is 9.94. The number of carbonyl (C=O) groups excluding carboxylic acids is 2. The molecule has 2 aliphatic heterocycles. The zero-order valence-electron chi connectivity index (χ0n) is 20.0. The summed E-state index contributed by atoms with van der Waals surface area (Å²) in [5, 5.41) is 0. The molecule has 35 heavy (non-hydrogen) atoms. The molecular formula is C29H30N2O4. The van der Waals surface area contributed by atoms with Gasteiger partial charge in [-0.3, -0.25) is 9.59 Å². The van der Waals surface area contributed by atoms with E-state index in [1.165, 1.54) is 0 Å². The van der Waals surface area contributed by atoms with E-state index < -0.39 is 0 Å². The Bertz CT molecular complexity index is 1200. The van der Waals surface area contributed by atoms with Crippen molar-refractivity contribution in [2.75, 3.05) is 19.9 Å². The summed E-state index contributed by atoms with van der Waals surface area (Å²) < 4.78 is 11.3. The van der Waals surface area contributed by atoms with Crippen LogP contribution in [0.3, 0.4) is 0 Å². The quantitative estimate of drug-likeness (QED) is 0.516. The van der Waals surface area contributed by atoms with Gasteiger partial charge in [0.05, 0.1) is 0 Å². The highest BCUT2D eigenvalue weighted by Gasteiger charge is 2.31. The molecule has 0 bridgehead atoms. The molecule has 0 N–H and O–H groups in total. The van der Waals surface area contributed by atoms with Crippen molar-refractivity contribution in [3.8, 4) is 22.6 Å². The molecule has 3 aromatic carbocycles. The SMILES string of the molecule is CC(=O)N1CCC(C(=O)N(Cc2ccccc2-c2ccccc2)Cc2cccc3c2OCO3)CC1. The molecule has 0 spiro atoms. The lowest BCUT2D eigenvalue weighted by Crippen LogP contribution is -2.43. The van der Waals surface area contributed by atoms with Crippen LogP contribution in [0.15, 0.2) is 72.8 Å². The molecular weight excluding hydrogens is 440 g/mol. The number of piperidine rings is 1. The van der Waals surface area contributed by atoms with Gasteiger partial charge in [-0.2, -0.15) is 0 Å². The third-order valence-corrected chi connectivity index (χ3v) is 6.90. The molecule has 0 saturated carbocycles. The molecule has 0 atom stereocenters. The van der Waals surface area contributed by atoms with E-state index in [1.54, 1.807) is 6.92 Å². The van der Waals surface area contributed by atoms with Gasteiger partial charge in [-0.25, -0.2) is 0 Å². The topological polar surface area (TPSA) is 59.1 Å². The molecule has 1 fully saturated rings. The minimum absolute atomic E-state index is 0.0709. The number of likely N-dealkylation sites (tertiary alicyclic amines) is 1. The maximum absolute atomic E-state index is 13.9. The number of hydrogen-bond acceptors (Lipinski definition) is 4. The summed E-state index contributed by atoms with van der Waals surface area (Å²) in [4.78, 5) is 29.4. The fourth-order valence-corrected chi connectivity index (χ4v) is 5.00. The van der Waals surface area contributed by atoms with Crippen molar-refractivity contribution in [3.63, 3.8) is 0 Å². The van der Waals surface area contributed by atoms with Crippen LogP contribution in [0.5, 0.6) is 11.5 Å². The first kappa shape index (κ1) is 23.0. The summed E-state index contributed by atoms with van der Waals surface area (Å²) in [5.41, 5.74) is 4.28. The fraction of sp³-hybridized carbons (Fsp3) is 0.310. The van der Waals surface area contributed by atoms with Crippen LogP contribution in [0.1, 0.15) is 30.9 Å². The average Bonchev–Trinajstić information content (AvgIpc) is 3.39. The maximum atomic E-state index is 13.9. The van der Waals surface area contributed by atoms with Crippen LogP contribution < -0.4 is 9.47 Å². The van der Waals surface area contributed by atoms with Crippen LogP contribution >= 0.6 is 0 Å². The Kier molecular flexibility index (Phi) is 6.70. The van der Waals surface area contributed by atoms with E-state index in [-0.39, 0.29) is 24.5 Å². The summed E-state index contributed by atoms with van der Waals surface area (Å²) >= 11 is 0. The Hall–Kier alpha value is -3.80. The molecule has 6 nitrogen and oxygen atoms in total. The molecule has 3 aromatic rings. The van der Waals surface area contributed by atoms with E-state index >= 15 is 0 Å². The highest BCUT2D eigenvalue weighted by atomic mass is 16.7. The second kappa shape index (κ2) is 10.2. The summed E-state index contributed by atoms with van der Waals surface area (Å²) in [6.45, 7) is 3.95. The molecule has 2 amide bonds. The minimum Gasteiger partial charge on any atom is -0.454 e. The first-order valence-electron chi connectivity index (χ1n) is 12.2. The zero-order chi connectivity index (χ0) is 24.2. The largest absolute Gasteiger partial charge is 0.454 e. The van der Waals surface area contributed by atoms with E-state index in [0.717, 1.165) is 22.3 Å². The predicted octanol–water partition coefficient (Wildman–Crippen LogP) is 4.87. The van der Waals surface area contributed by atoms with Crippen LogP contribution in [-0.4, -0.2) is 41.5 Å².